The molecular formula is C13H10ClFN4OS. The number of hydrogen-bond donors (Lipinski definition) is 3. The molecule has 1 aromatic heterocycles. The number of rotatable bonds is 2. The van der Waals surface area contributed by atoms with Gasteiger partial charge in [-0.3, -0.25) is 15.6 Å². The lowest BCUT2D eigenvalue weighted by molar-refractivity contribution is 0.0939. The Morgan fingerprint density at radius 1 is 1.14 bits per heavy atom. The van der Waals surface area contributed by atoms with Crippen molar-refractivity contribution in [2.45, 2.75) is 0 Å². The molecule has 0 spiro atoms. The number of benzene rings is 1. The molecule has 0 aliphatic carbocycles. The van der Waals surface area contributed by atoms with E-state index < -0.39 is 11.7 Å². The summed E-state index contributed by atoms with van der Waals surface area (Å²) in [5, 5.41) is 3.65. The minimum Gasteiger partial charge on any atom is -0.331 e. The molecule has 0 unspecified atom stereocenters. The average Bonchev–Trinajstić information content (AvgIpc) is 2.48. The maximum atomic E-state index is 12.7. The van der Waals surface area contributed by atoms with Crippen molar-refractivity contribution in [2.75, 3.05) is 5.32 Å². The molecule has 108 valence electrons. The van der Waals surface area contributed by atoms with Crippen LogP contribution in [0.2, 0.25) is 5.02 Å². The van der Waals surface area contributed by atoms with Crippen LogP contribution in [0.5, 0.6) is 0 Å². The van der Waals surface area contributed by atoms with Crippen LogP contribution in [0.3, 0.4) is 0 Å². The number of hydrogen-bond acceptors (Lipinski definition) is 3. The van der Waals surface area contributed by atoms with Crippen molar-refractivity contribution in [1.29, 1.82) is 0 Å². The molecule has 1 aromatic carbocycles. The van der Waals surface area contributed by atoms with Crippen LogP contribution < -0.4 is 16.2 Å². The van der Waals surface area contributed by atoms with Gasteiger partial charge in [0.05, 0.1) is 6.20 Å². The van der Waals surface area contributed by atoms with Crippen LogP contribution in [0.15, 0.2) is 42.6 Å². The molecule has 0 radical (unpaired) electrons. The molecule has 0 aliphatic heterocycles. The van der Waals surface area contributed by atoms with Gasteiger partial charge in [0.15, 0.2) is 5.11 Å². The standard InChI is InChI=1S/C13H10ClFN4OS/c14-8-1-4-10(5-2-8)17-13(21)19-18-12(20)11-6-3-9(15)7-16-11/h1-7H,(H,18,20)(H2,17,19,21). The number of anilines is 1. The fourth-order valence-corrected chi connectivity index (χ4v) is 1.68. The first-order chi connectivity index (χ1) is 10.0. The van der Waals surface area contributed by atoms with Crippen molar-refractivity contribution in [1.82, 2.24) is 15.8 Å². The van der Waals surface area contributed by atoms with E-state index in [0.29, 0.717) is 10.7 Å². The van der Waals surface area contributed by atoms with Crippen molar-refractivity contribution in [3.8, 4) is 0 Å². The van der Waals surface area contributed by atoms with E-state index in [1.165, 1.54) is 6.07 Å². The molecule has 8 heteroatoms. The quantitative estimate of drug-likeness (QED) is 0.585. The molecule has 0 fully saturated rings. The Kier molecular flexibility index (Phi) is 5.02. The fourth-order valence-electron chi connectivity index (χ4n) is 1.38. The predicted molar refractivity (Wildman–Crippen MR) is 82.5 cm³/mol. The Morgan fingerprint density at radius 3 is 2.48 bits per heavy atom. The number of nitrogens with zero attached hydrogens (tertiary/aromatic N) is 1. The van der Waals surface area contributed by atoms with Gasteiger partial charge < -0.3 is 5.32 Å². The van der Waals surface area contributed by atoms with Crippen molar-refractivity contribution in [3.63, 3.8) is 0 Å². The normalized spacial score (nSPS) is 9.81. The number of pyridine rings is 1. The molecule has 1 heterocycles. The summed E-state index contributed by atoms with van der Waals surface area (Å²) >= 11 is 10.8. The van der Waals surface area contributed by atoms with Crippen molar-refractivity contribution in [2.24, 2.45) is 0 Å². The molecule has 2 rings (SSSR count). The molecule has 0 saturated heterocycles. The van der Waals surface area contributed by atoms with Gasteiger partial charge in [-0.05, 0) is 48.6 Å². The van der Waals surface area contributed by atoms with E-state index in [-0.39, 0.29) is 10.8 Å². The van der Waals surface area contributed by atoms with Crippen LogP contribution in [-0.2, 0) is 0 Å². The maximum absolute atomic E-state index is 12.7. The molecule has 5 nitrogen and oxygen atoms in total. The highest BCUT2D eigenvalue weighted by atomic mass is 35.5. The lowest BCUT2D eigenvalue weighted by atomic mass is 10.3. The number of amides is 1. The van der Waals surface area contributed by atoms with E-state index in [0.717, 1.165) is 12.3 Å². The maximum Gasteiger partial charge on any atom is 0.288 e. The summed E-state index contributed by atoms with van der Waals surface area (Å²) < 4.78 is 12.7. The molecule has 21 heavy (non-hydrogen) atoms. The first kappa shape index (κ1) is 15.1. The first-order valence-electron chi connectivity index (χ1n) is 5.79. The molecule has 0 saturated carbocycles. The first-order valence-corrected chi connectivity index (χ1v) is 6.57. The Hall–Kier alpha value is -2.25. The second-order valence-corrected chi connectivity index (χ2v) is 4.75. The second-order valence-electron chi connectivity index (χ2n) is 3.90. The number of carbonyl (C=O) groups excluding carboxylic acids is 1. The Bertz CT molecular complexity index is 648. The van der Waals surface area contributed by atoms with Gasteiger partial charge in [-0.15, -0.1) is 0 Å². The lowest BCUT2D eigenvalue weighted by Crippen LogP contribution is -2.44. The van der Waals surface area contributed by atoms with E-state index in [1.54, 1.807) is 24.3 Å². The topological polar surface area (TPSA) is 66.1 Å². The number of carbonyl (C=O) groups is 1. The van der Waals surface area contributed by atoms with Gasteiger partial charge >= 0.3 is 0 Å². The summed E-state index contributed by atoms with van der Waals surface area (Å²) in [6, 6.07) is 9.29. The summed E-state index contributed by atoms with van der Waals surface area (Å²) in [6.07, 6.45) is 0.958. The summed E-state index contributed by atoms with van der Waals surface area (Å²) in [7, 11) is 0. The van der Waals surface area contributed by atoms with Crippen molar-refractivity contribution in [3.05, 3.63) is 59.1 Å². The van der Waals surface area contributed by atoms with E-state index in [4.69, 9.17) is 23.8 Å². The third-order valence-electron chi connectivity index (χ3n) is 2.35. The van der Waals surface area contributed by atoms with E-state index in [2.05, 4.69) is 21.2 Å². The van der Waals surface area contributed by atoms with Crippen molar-refractivity contribution >= 4 is 40.5 Å². The number of halogens is 2. The molecule has 1 amide bonds. The van der Waals surface area contributed by atoms with E-state index in [9.17, 15) is 9.18 Å². The van der Waals surface area contributed by atoms with Crippen molar-refractivity contribution < 1.29 is 9.18 Å². The summed E-state index contributed by atoms with van der Waals surface area (Å²) in [6.45, 7) is 0. The molecular weight excluding hydrogens is 315 g/mol. The monoisotopic (exact) mass is 324 g/mol. The number of nitrogens with one attached hydrogen (secondary N) is 3. The highest BCUT2D eigenvalue weighted by Gasteiger charge is 2.07. The van der Waals surface area contributed by atoms with Gasteiger partial charge in [-0.25, -0.2) is 9.37 Å². The van der Waals surface area contributed by atoms with Crippen LogP contribution in [-0.4, -0.2) is 16.0 Å². The Labute approximate surface area is 130 Å². The summed E-state index contributed by atoms with van der Waals surface area (Å²) in [5.41, 5.74) is 5.64. The van der Waals surface area contributed by atoms with Gasteiger partial charge in [0.2, 0.25) is 0 Å². The van der Waals surface area contributed by atoms with Gasteiger partial charge in [0.25, 0.3) is 5.91 Å². The van der Waals surface area contributed by atoms with Gasteiger partial charge in [0.1, 0.15) is 11.5 Å². The molecule has 0 atom stereocenters. The van der Waals surface area contributed by atoms with Gasteiger partial charge in [0, 0.05) is 10.7 Å². The zero-order valence-corrected chi connectivity index (χ0v) is 12.1. The Morgan fingerprint density at radius 2 is 1.86 bits per heavy atom. The minimum atomic E-state index is -0.532. The molecule has 0 bridgehead atoms. The van der Waals surface area contributed by atoms with E-state index >= 15 is 0 Å². The van der Waals surface area contributed by atoms with Gasteiger partial charge in [-0.2, -0.15) is 0 Å². The predicted octanol–water partition coefficient (Wildman–Crippen LogP) is 2.51. The van der Waals surface area contributed by atoms with Gasteiger partial charge in [-0.1, -0.05) is 11.6 Å². The lowest BCUT2D eigenvalue weighted by Gasteiger charge is -2.11. The fraction of sp³-hybridized carbons (Fsp3) is 0. The largest absolute Gasteiger partial charge is 0.331 e. The average molecular weight is 325 g/mol. The highest BCUT2D eigenvalue weighted by Crippen LogP contribution is 2.12. The van der Waals surface area contributed by atoms with Crippen LogP contribution >= 0.6 is 23.8 Å². The highest BCUT2D eigenvalue weighted by molar-refractivity contribution is 7.80. The third kappa shape index (κ3) is 4.66. The number of aromatic nitrogens is 1. The molecule has 0 aliphatic rings. The van der Waals surface area contributed by atoms with Crippen LogP contribution in [0, 0.1) is 5.82 Å². The molecule has 2 aromatic rings. The van der Waals surface area contributed by atoms with Crippen LogP contribution in [0.1, 0.15) is 10.5 Å². The smallest absolute Gasteiger partial charge is 0.288 e. The summed E-state index contributed by atoms with van der Waals surface area (Å²) in [5.74, 6) is -1.05. The summed E-state index contributed by atoms with van der Waals surface area (Å²) in [4.78, 5) is 15.3. The number of hydrazine groups is 1. The third-order valence-corrected chi connectivity index (χ3v) is 2.81. The zero-order chi connectivity index (χ0) is 15.2. The minimum absolute atomic E-state index is 0.0678. The molecule has 3 N–H and O–H groups in total. The zero-order valence-electron chi connectivity index (χ0n) is 10.6. The Balaban J connectivity index is 1.84. The van der Waals surface area contributed by atoms with Crippen LogP contribution in [0.4, 0.5) is 10.1 Å². The van der Waals surface area contributed by atoms with E-state index in [1.807, 2.05) is 0 Å². The number of thiocarbonyl (C=S) groups is 1. The SMILES string of the molecule is O=C(NNC(=S)Nc1ccc(Cl)cc1)c1ccc(F)cn1. The second kappa shape index (κ2) is 6.96. The van der Waals surface area contributed by atoms with Crippen LogP contribution in [0.25, 0.3) is 0 Å².